The first-order valence-corrected chi connectivity index (χ1v) is 7.51. The minimum atomic E-state index is -0.669. The van der Waals surface area contributed by atoms with Crippen molar-refractivity contribution in [3.05, 3.63) is 16.1 Å². The third kappa shape index (κ3) is 3.45. The molecule has 0 fully saturated rings. The van der Waals surface area contributed by atoms with E-state index in [-0.39, 0.29) is 11.3 Å². The van der Waals surface area contributed by atoms with Crippen LogP contribution in [0.15, 0.2) is 5.38 Å². The largest absolute Gasteiger partial charge is 0.342 e. The molecule has 5 heteroatoms. The van der Waals surface area contributed by atoms with Crippen molar-refractivity contribution in [2.75, 3.05) is 13.1 Å². The number of hydrogen-bond donors (Lipinski definition) is 0. The van der Waals surface area contributed by atoms with E-state index in [1.54, 1.807) is 16.2 Å². The number of alkyl halides is 1. The Bertz CT molecular complexity index is 407. The summed E-state index contributed by atoms with van der Waals surface area (Å²) in [4.78, 5) is 18.3. The molecule has 18 heavy (non-hydrogen) atoms. The lowest BCUT2D eigenvalue weighted by molar-refractivity contribution is -0.130. The number of likely N-dealkylation sites (N-methyl/N-ethyl adjacent to an activating group) is 1. The molecule has 1 unspecified atom stereocenters. The summed E-state index contributed by atoms with van der Waals surface area (Å²) in [5, 5.41) is 2.23. The van der Waals surface area contributed by atoms with E-state index in [0.29, 0.717) is 18.8 Å². The van der Waals surface area contributed by atoms with Gasteiger partial charge in [0.05, 0.1) is 10.7 Å². The smallest absolute Gasteiger partial charge is 0.246 e. The molecule has 0 aliphatic heterocycles. The van der Waals surface area contributed by atoms with Crippen LogP contribution < -0.4 is 0 Å². The van der Waals surface area contributed by atoms with Gasteiger partial charge in [-0.05, 0) is 13.8 Å². The second kappa shape index (κ2) is 6.02. The van der Waals surface area contributed by atoms with Crippen LogP contribution in [0.1, 0.15) is 50.7 Å². The van der Waals surface area contributed by atoms with E-state index in [1.165, 1.54) is 0 Å². The SMILES string of the molecule is CCN(CC)C(=O)C(Cl)c1csc(C(C)(C)C)n1. The van der Waals surface area contributed by atoms with Gasteiger partial charge in [0.1, 0.15) is 0 Å². The third-order valence-corrected chi connectivity index (χ3v) is 4.41. The number of nitrogens with zero attached hydrogens (tertiary/aromatic N) is 2. The first-order chi connectivity index (χ1) is 8.31. The maximum atomic E-state index is 12.1. The molecule has 0 aliphatic rings. The lowest BCUT2D eigenvalue weighted by Gasteiger charge is -2.21. The van der Waals surface area contributed by atoms with Gasteiger partial charge in [-0.2, -0.15) is 0 Å². The molecule has 0 aromatic carbocycles. The molecule has 0 N–H and O–H groups in total. The van der Waals surface area contributed by atoms with E-state index in [1.807, 2.05) is 19.2 Å². The highest BCUT2D eigenvalue weighted by Gasteiger charge is 2.26. The van der Waals surface area contributed by atoms with Crippen LogP contribution in [0.5, 0.6) is 0 Å². The number of hydrogen-bond acceptors (Lipinski definition) is 3. The molecule has 1 heterocycles. The molecule has 0 spiro atoms. The van der Waals surface area contributed by atoms with Gasteiger partial charge in [-0.1, -0.05) is 20.8 Å². The first-order valence-electron chi connectivity index (χ1n) is 6.20. The summed E-state index contributed by atoms with van der Waals surface area (Å²) < 4.78 is 0. The summed E-state index contributed by atoms with van der Waals surface area (Å²) in [5.41, 5.74) is 0.668. The molecule has 0 bridgehead atoms. The zero-order valence-corrected chi connectivity index (χ0v) is 13.2. The van der Waals surface area contributed by atoms with Gasteiger partial charge < -0.3 is 4.90 Å². The zero-order valence-electron chi connectivity index (χ0n) is 11.7. The molecule has 102 valence electrons. The molecule has 0 saturated carbocycles. The summed E-state index contributed by atoms with van der Waals surface area (Å²) >= 11 is 7.79. The highest BCUT2D eigenvalue weighted by molar-refractivity contribution is 7.09. The monoisotopic (exact) mass is 288 g/mol. The van der Waals surface area contributed by atoms with E-state index >= 15 is 0 Å². The highest BCUT2D eigenvalue weighted by Crippen LogP contribution is 2.30. The maximum Gasteiger partial charge on any atom is 0.246 e. The summed E-state index contributed by atoms with van der Waals surface area (Å²) in [6.07, 6.45) is 0. The number of halogens is 1. The molecule has 1 rings (SSSR count). The van der Waals surface area contributed by atoms with Gasteiger partial charge in [0.15, 0.2) is 5.38 Å². The van der Waals surface area contributed by atoms with Gasteiger partial charge in [-0.15, -0.1) is 22.9 Å². The van der Waals surface area contributed by atoms with Crippen molar-refractivity contribution >= 4 is 28.8 Å². The van der Waals surface area contributed by atoms with Crippen molar-refractivity contribution in [1.29, 1.82) is 0 Å². The molecule has 3 nitrogen and oxygen atoms in total. The van der Waals surface area contributed by atoms with Gasteiger partial charge >= 0.3 is 0 Å². The molecule has 1 aromatic rings. The Balaban J connectivity index is 2.88. The van der Waals surface area contributed by atoms with E-state index in [0.717, 1.165) is 5.01 Å². The normalized spacial score (nSPS) is 13.4. The number of thiazole rings is 1. The number of amides is 1. The Morgan fingerprint density at radius 3 is 2.39 bits per heavy atom. The predicted octanol–water partition coefficient (Wildman–Crippen LogP) is 3.59. The fraction of sp³-hybridized carbons (Fsp3) is 0.692. The van der Waals surface area contributed by atoms with Crippen LogP contribution in [0.4, 0.5) is 0 Å². The number of aromatic nitrogens is 1. The lowest BCUT2D eigenvalue weighted by Crippen LogP contribution is -2.33. The second-order valence-corrected chi connectivity index (χ2v) is 6.50. The molecule has 1 aromatic heterocycles. The fourth-order valence-electron chi connectivity index (χ4n) is 1.57. The molecular formula is C13H21ClN2OS. The zero-order chi connectivity index (χ0) is 13.9. The Labute approximate surface area is 118 Å². The van der Waals surface area contributed by atoms with Gasteiger partial charge in [-0.3, -0.25) is 4.79 Å². The van der Waals surface area contributed by atoms with Crippen molar-refractivity contribution in [2.45, 2.75) is 45.4 Å². The van der Waals surface area contributed by atoms with Crippen LogP contribution in [0.25, 0.3) is 0 Å². The van der Waals surface area contributed by atoms with Crippen LogP contribution in [0, 0.1) is 0 Å². The number of carbonyl (C=O) groups is 1. The quantitative estimate of drug-likeness (QED) is 0.793. The van der Waals surface area contributed by atoms with Crippen molar-refractivity contribution < 1.29 is 4.79 Å². The Hall–Kier alpha value is -0.610. The molecular weight excluding hydrogens is 268 g/mol. The van der Waals surface area contributed by atoms with Crippen LogP contribution in [0.3, 0.4) is 0 Å². The van der Waals surface area contributed by atoms with Crippen LogP contribution in [0.2, 0.25) is 0 Å². The van der Waals surface area contributed by atoms with Gasteiger partial charge in [0, 0.05) is 23.9 Å². The van der Waals surface area contributed by atoms with Gasteiger partial charge in [0.2, 0.25) is 5.91 Å². The van der Waals surface area contributed by atoms with E-state index < -0.39 is 5.38 Å². The van der Waals surface area contributed by atoms with Gasteiger partial charge in [0.25, 0.3) is 0 Å². The highest BCUT2D eigenvalue weighted by atomic mass is 35.5. The first kappa shape index (κ1) is 15.4. The topological polar surface area (TPSA) is 33.2 Å². The minimum Gasteiger partial charge on any atom is -0.342 e. The lowest BCUT2D eigenvalue weighted by atomic mass is 9.98. The molecule has 0 saturated heterocycles. The maximum absolute atomic E-state index is 12.1. The standard InChI is InChI=1S/C13H21ClN2OS/c1-6-16(7-2)11(17)10(14)9-8-18-12(15-9)13(3,4)5/h8,10H,6-7H2,1-5H3. The fourth-order valence-corrected chi connectivity index (χ4v) is 2.83. The summed E-state index contributed by atoms with van der Waals surface area (Å²) in [6, 6.07) is 0. The van der Waals surface area contributed by atoms with Crippen molar-refractivity contribution in [2.24, 2.45) is 0 Å². The van der Waals surface area contributed by atoms with Crippen LogP contribution in [-0.4, -0.2) is 28.9 Å². The predicted molar refractivity (Wildman–Crippen MR) is 77.3 cm³/mol. The number of rotatable bonds is 4. The van der Waals surface area contributed by atoms with Crippen LogP contribution in [-0.2, 0) is 10.2 Å². The minimum absolute atomic E-state index is 0.00221. The van der Waals surface area contributed by atoms with Crippen molar-refractivity contribution in [1.82, 2.24) is 9.88 Å². The third-order valence-electron chi connectivity index (χ3n) is 2.72. The number of carbonyl (C=O) groups excluding carboxylic acids is 1. The van der Waals surface area contributed by atoms with Crippen LogP contribution >= 0.6 is 22.9 Å². The summed E-state index contributed by atoms with van der Waals surface area (Å²) in [7, 11) is 0. The van der Waals surface area contributed by atoms with E-state index in [9.17, 15) is 4.79 Å². The molecule has 1 amide bonds. The van der Waals surface area contributed by atoms with E-state index in [4.69, 9.17) is 11.6 Å². The van der Waals surface area contributed by atoms with Crippen molar-refractivity contribution in [3.63, 3.8) is 0 Å². The summed E-state index contributed by atoms with van der Waals surface area (Å²) in [6.45, 7) is 11.6. The Morgan fingerprint density at radius 2 is 2.00 bits per heavy atom. The van der Waals surface area contributed by atoms with Crippen molar-refractivity contribution in [3.8, 4) is 0 Å². The molecule has 0 aliphatic carbocycles. The average Bonchev–Trinajstić information content (AvgIpc) is 2.78. The molecule has 1 atom stereocenters. The second-order valence-electron chi connectivity index (χ2n) is 5.20. The van der Waals surface area contributed by atoms with Gasteiger partial charge in [-0.25, -0.2) is 4.98 Å². The Morgan fingerprint density at radius 1 is 1.44 bits per heavy atom. The Kier molecular flexibility index (Phi) is 5.17. The van der Waals surface area contributed by atoms with E-state index in [2.05, 4.69) is 25.8 Å². The summed E-state index contributed by atoms with van der Waals surface area (Å²) in [5.74, 6) is -0.0626. The molecule has 0 radical (unpaired) electrons. The average molecular weight is 289 g/mol.